The number of ketones is 1. The number of carbonyl (C=O) groups is 1. The molecule has 3 rings (SSSR count). The van der Waals surface area contributed by atoms with Crippen LogP contribution in [0.1, 0.15) is 34.6 Å². The molecule has 2 aromatic rings. The fourth-order valence-corrected chi connectivity index (χ4v) is 2.84. The fourth-order valence-electron chi connectivity index (χ4n) is 2.84. The molecule has 0 bridgehead atoms. The van der Waals surface area contributed by atoms with Gasteiger partial charge in [-0.3, -0.25) is 4.79 Å². The van der Waals surface area contributed by atoms with E-state index in [2.05, 4.69) is 49.4 Å². The zero-order valence-corrected chi connectivity index (χ0v) is 10.5. The molecule has 1 aliphatic carbocycles. The van der Waals surface area contributed by atoms with Gasteiger partial charge < -0.3 is 0 Å². The van der Waals surface area contributed by atoms with Crippen molar-refractivity contribution in [3.63, 3.8) is 0 Å². The second-order valence-corrected chi connectivity index (χ2v) is 5.09. The molecule has 0 aliphatic heterocycles. The molecule has 1 unspecified atom stereocenters. The second-order valence-electron chi connectivity index (χ2n) is 5.09. The first-order chi connectivity index (χ1) is 8.74. The number of hydrogen-bond acceptors (Lipinski definition) is 1. The highest BCUT2D eigenvalue weighted by atomic mass is 16.1. The summed E-state index contributed by atoms with van der Waals surface area (Å²) < 4.78 is 0. The summed E-state index contributed by atoms with van der Waals surface area (Å²) >= 11 is 0. The average Bonchev–Trinajstić information content (AvgIpc) is 2.37. The molecule has 1 atom stereocenters. The van der Waals surface area contributed by atoms with Crippen LogP contribution < -0.4 is 0 Å². The third-order valence-corrected chi connectivity index (χ3v) is 3.69. The van der Waals surface area contributed by atoms with Gasteiger partial charge in [-0.1, -0.05) is 54.1 Å². The van der Waals surface area contributed by atoms with Crippen molar-refractivity contribution in [1.82, 2.24) is 0 Å². The monoisotopic (exact) mass is 236 g/mol. The predicted molar refractivity (Wildman–Crippen MR) is 72.8 cm³/mol. The summed E-state index contributed by atoms with van der Waals surface area (Å²) in [7, 11) is 0. The van der Waals surface area contributed by atoms with Gasteiger partial charge in [-0.25, -0.2) is 0 Å². The van der Waals surface area contributed by atoms with Crippen molar-refractivity contribution in [3.05, 3.63) is 70.8 Å². The molecule has 0 aromatic heterocycles. The van der Waals surface area contributed by atoms with Crippen molar-refractivity contribution in [2.75, 3.05) is 0 Å². The first-order valence-corrected chi connectivity index (χ1v) is 6.40. The van der Waals surface area contributed by atoms with E-state index in [1.807, 2.05) is 6.07 Å². The van der Waals surface area contributed by atoms with E-state index in [-0.39, 0.29) is 5.92 Å². The molecule has 1 heteroatoms. The van der Waals surface area contributed by atoms with Gasteiger partial charge in [-0.05, 0) is 23.6 Å². The molecule has 1 nitrogen and oxygen atoms in total. The Morgan fingerprint density at radius 1 is 1.06 bits per heavy atom. The average molecular weight is 236 g/mol. The van der Waals surface area contributed by atoms with Crippen LogP contribution in [0.3, 0.4) is 0 Å². The zero-order chi connectivity index (χ0) is 12.5. The molecular formula is C17H16O. The van der Waals surface area contributed by atoms with Gasteiger partial charge in [0.25, 0.3) is 0 Å². The Balaban J connectivity index is 2.10. The van der Waals surface area contributed by atoms with Crippen LogP contribution in [-0.2, 0) is 11.2 Å². The fraction of sp³-hybridized carbons (Fsp3) is 0.235. The number of hydrogen-bond donors (Lipinski definition) is 0. The molecule has 0 spiro atoms. The van der Waals surface area contributed by atoms with E-state index in [0.717, 1.165) is 0 Å². The predicted octanol–water partition coefficient (Wildman–Crippen LogP) is 3.64. The molecule has 0 amide bonds. The molecule has 0 radical (unpaired) electrons. The Bertz CT molecular complexity index is 598. The maximum atomic E-state index is 11.9. The highest BCUT2D eigenvalue weighted by molar-refractivity contribution is 5.84. The van der Waals surface area contributed by atoms with Crippen LogP contribution in [-0.4, -0.2) is 5.78 Å². The van der Waals surface area contributed by atoms with Gasteiger partial charge in [0.1, 0.15) is 5.78 Å². The normalized spacial score (nSPS) is 18.5. The topological polar surface area (TPSA) is 17.1 Å². The zero-order valence-electron chi connectivity index (χ0n) is 10.5. The molecule has 18 heavy (non-hydrogen) atoms. The number of carbonyl (C=O) groups excluding carboxylic acids is 1. The lowest BCUT2D eigenvalue weighted by atomic mass is 9.78. The Morgan fingerprint density at radius 2 is 1.89 bits per heavy atom. The van der Waals surface area contributed by atoms with Crippen LogP contribution in [0.15, 0.2) is 48.5 Å². The minimum atomic E-state index is 0.238. The van der Waals surface area contributed by atoms with Crippen molar-refractivity contribution >= 4 is 5.78 Å². The quantitative estimate of drug-likeness (QED) is 0.738. The van der Waals surface area contributed by atoms with Crippen molar-refractivity contribution in [2.24, 2.45) is 0 Å². The first kappa shape index (κ1) is 11.2. The van der Waals surface area contributed by atoms with Gasteiger partial charge >= 0.3 is 0 Å². The van der Waals surface area contributed by atoms with Crippen molar-refractivity contribution in [2.45, 2.75) is 25.7 Å². The van der Waals surface area contributed by atoms with E-state index in [4.69, 9.17) is 0 Å². The Morgan fingerprint density at radius 3 is 2.72 bits per heavy atom. The molecular weight excluding hydrogens is 220 g/mol. The molecule has 0 N–H and O–H groups in total. The van der Waals surface area contributed by atoms with Gasteiger partial charge in [-0.15, -0.1) is 0 Å². The number of aryl methyl sites for hydroxylation is 1. The molecule has 2 aromatic carbocycles. The molecule has 0 saturated carbocycles. The highest BCUT2D eigenvalue weighted by Gasteiger charge is 2.25. The van der Waals surface area contributed by atoms with Crippen LogP contribution in [0, 0.1) is 6.92 Å². The van der Waals surface area contributed by atoms with E-state index in [1.165, 1.54) is 22.3 Å². The van der Waals surface area contributed by atoms with Gasteiger partial charge in [0, 0.05) is 18.8 Å². The molecule has 0 saturated heterocycles. The Kier molecular flexibility index (Phi) is 2.75. The smallest absolute Gasteiger partial charge is 0.138 e. The second kappa shape index (κ2) is 4.41. The SMILES string of the molecule is Cc1cccc(C2CC(=O)Cc3ccccc32)c1. The third-order valence-electron chi connectivity index (χ3n) is 3.69. The lowest BCUT2D eigenvalue weighted by Crippen LogP contribution is -2.19. The van der Waals surface area contributed by atoms with E-state index < -0.39 is 0 Å². The lowest BCUT2D eigenvalue weighted by Gasteiger charge is -2.25. The van der Waals surface area contributed by atoms with Gasteiger partial charge in [-0.2, -0.15) is 0 Å². The summed E-state index contributed by atoms with van der Waals surface area (Å²) in [5, 5.41) is 0. The summed E-state index contributed by atoms with van der Waals surface area (Å²) in [4.78, 5) is 11.9. The number of fused-ring (bicyclic) bond motifs is 1. The van der Waals surface area contributed by atoms with Crippen LogP contribution >= 0.6 is 0 Å². The summed E-state index contributed by atoms with van der Waals surface area (Å²) in [6, 6.07) is 16.8. The largest absolute Gasteiger partial charge is 0.299 e. The lowest BCUT2D eigenvalue weighted by molar-refractivity contribution is -0.119. The van der Waals surface area contributed by atoms with Crippen molar-refractivity contribution in [3.8, 4) is 0 Å². The summed E-state index contributed by atoms with van der Waals surface area (Å²) in [5.41, 5.74) is 5.03. The van der Waals surface area contributed by atoms with Gasteiger partial charge in [0.2, 0.25) is 0 Å². The van der Waals surface area contributed by atoms with Gasteiger partial charge in [0.05, 0.1) is 0 Å². The third kappa shape index (κ3) is 1.97. The minimum Gasteiger partial charge on any atom is -0.299 e. The molecule has 0 heterocycles. The Hall–Kier alpha value is -1.89. The standard InChI is InChI=1S/C17H16O/c1-12-5-4-7-13(9-12)17-11-15(18)10-14-6-2-3-8-16(14)17/h2-9,17H,10-11H2,1H3. The first-order valence-electron chi connectivity index (χ1n) is 6.40. The summed E-state index contributed by atoms with van der Waals surface area (Å²) in [5.74, 6) is 0.586. The van der Waals surface area contributed by atoms with E-state index in [1.54, 1.807) is 0 Å². The van der Waals surface area contributed by atoms with Crippen molar-refractivity contribution in [1.29, 1.82) is 0 Å². The number of benzene rings is 2. The van der Waals surface area contributed by atoms with Crippen LogP contribution in [0.2, 0.25) is 0 Å². The maximum absolute atomic E-state index is 11.9. The molecule has 0 fully saturated rings. The summed E-state index contributed by atoms with van der Waals surface area (Å²) in [6.45, 7) is 2.10. The molecule has 90 valence electrons. The molecule has 1 aliphatic rings. The Labute approximate surface area is 107 Å². The van der Waals surface area contributed by atoms with Gasteiger partial charge in [0.15, 0.2) is 0 Å². The van der Waals surface area contributed by atoms with E-state index in [0.29, 0.717) is 18.6 Å². The number of rotatable bonds is 1. The van der Waals surface area contributed by atoms with E-state index in [9.17, 15) is 4.79 Å². The van der Waals surface area contributed by atoms with Crippen LogP contribution in [0.5, 0.6) is 0 Å². The highest BCUT2D eigenvalue weighted by Crippen LogP contribution is 2.35. The minimum absolute atomic E-state index is 0.238. The van der Waals surface area contributed by atoms with Crippen LogP contribution in [0.4, 0.5) is 0 Å². The van der Waals surface area contributed by atoms with Crippen LogP contribution in [0.25, 0.3) is 0 Å². The summed E-state index contributed by atoms with van der Waals surface area (Å²) in [6.07, 6.45) is 1.24. The number of Topliss-reactive ketones (excluding diaryl/α,β-unsaturated/α-hetero) is 1. The van der Waals surface area contributed by atoms with Crippen molar-refractivity contribution < 1.29 is 4.79 Å². The maximum Gasteiger partial charge on any atom is 0.138 e. The van der Waals surface area contributed by atoms with E-state index >= 15 is 0 Å².